The number of amides is 2. The molecule has 1 saturated heterocycles. The minimum absolute atomic E-state index is 0.227. The minimum Gasteiger partial charge on any atom is -0.496 e. The van der Waals surface area contributed by atoms with E-state index in [0.717, 1.165) is 16.8 Å². The molecule has 2 aromatic carbocycles. The van der Waals surface area contributed by atoms with E-state index in [2.05, 4.69) is 5.43 Å². The molecular weight excluding hydrogens is 412 g/mol. The molecule has 0 spiro atoms. The van der Waals surface area contributed by atoms with Crippen LogP contribution < -0.4 is 19.6 Å². The number of carbonyl (C=O) groups excluding carboxylic acids is 2. The van der Waals surface area contributed by atoms with E-state index in [9.17, 15) is 9.59 Å². The Kier molecular flexibility index (Phi) is 6.40. The van der Waals surface area contributed by atoms with Crippen molar-refractivity contribution in [1.82, 2.24) is 10.4 Å². The molecule has 0 aliphatic carbocycles. The quantitative estimate of drug-likeness (QED) is 0.557. The van der Waals surface area contributed by atoms with Crippen molar-refractivity contribution >= 4 is 46.2 Å². The molecule has 1 fully saturated rings. The van der Waals surface area contributed by atoms with Crippen LogP contribution in [0.5, 0.6) is 17.2 Å². The van der Waals surface area contributed by atoms with Crippen LogP contribution in [0.1, 0.15) is 15.9 Å². The van der Waals surface area contributed by atoms with Gasteiger partial charge in [-0.15, -0.1) is 0 Å². The fourth-order valence-electron chi connectivity index (χ4n) is 2.63. The predicted molar refractivity (Wildman–Crippen MR) is 115 cm³/mol. The Labute approximate surface area is 177 Å². The van der Waals surface area contributed by atoms with E-state index in [1.165, 1.54) is 21.3 Å². The van der Waals surface area contributed by atoms with Crippen LogP contribution in [0, 0.1) is 0 Å². The summed E-state index contributed by atoms with van der Waals surface area (Å²) in [5.41, 5.74) is 3.58. The molecule has 0 aromatic heterocycles. The molecule has 2 amide bonds. The highest BCUT2D eigenvalue weighted by atomic mass is 32.2. The number of benzene rings is 2. The average molecular weight is 431 g/mol. The van der Waals surface area contributed by atoms with Crippen molar-refractivity contribution in [3.05, 3.63) is 58.5 Å². The molecule has 0 radical (unpaired) electrons. The Morgan fingerprint density at radius 1 is 1.03 bits per heavy atom. The van der Waals surface area contributed by atoms with Gasteiger partial charge in [0.05, 0.1) is 26.2 Å². The van der Waals surface area contributed by atoms with Crippen molar-refractivity contribution in [1.29, 1.82) is 0 Å². The van der Waals surface area contributed by atoms with Crippen LogP contribution in [0.15, 0.2) is 47.4 Å². The monoisotopic (exact) mass is 430 g/mol. The number of hydrogen-bond acceptors (Lipinski definition) is 7. The molecule has 0 unspecified atom stereocenters. The minimum atomic E-state index is -0.430. The lowest BCUT2D eigenvalue weighted by molar-refractivity contribution is -0.123. The maximum absolute atomic E-state index is 12.8. The van der Waals surface area contributed by atoms with Crippen LogP contribution in [0.2, 0.25) is 0 Å². The molecule has 1 heterocycles. The first kappa shape index (κ1) is 20.7. The maximum Gasteiger partial charge on any atom is 0.285 e. The topological polar surface area (TPSA) is 77.1 Å². The molecule has 0 bridgehead atoms. The molecule has 9 heteroatoms. The summed E-state index contributed by atoms with van der Waals surface area (Å²) in [4.78, 5) is 25.5. The summed E-state index contributed by atoms with van der Waals surface area (Å²) in [7, 11) is 4.56. The zero-order valence-corrected chi connectivity index (χ0v) is 17.6. The van der Waals surface area contributed by atoms with Crippen molar-refractivity contribution in [2.75, 3.05) is 21.3 Å². The third-order valence-corrected chi connectivity index (χ3v) is 5.37. The Balaban J connectivity index is 1.87. The van der Waals surface area contributed by atoms with Gasteiger partial charge in [0.25, 0.3) is 11.8 Å². The lowest BCUT2D eigenvalue weighted by atomic mass is 10.1. The number of rotatable bonds is 6. The van der Waals surface area contributed by atoms with Crippen molar-refractivity contribution < 1.29 is 23.8 Å². The maximum atomic E-state index is 12.8. The number of hydrogen-bond donors (Lipinski definition) is 1. The van der Waals surface area contributed by atoms with E-state index in [1.54, 1.807) is 48.5 Å². The Morgan fingerprint density at radius 3 is 2.28 bits per heavy atom. The van der Waals surface area contributed by atoms with Crippen molar-refractivity contribution in [2.24, 2.45) is 0 Å². The summed E-state index contributed by atoms with van der Waals surface area (Å²) >= 11 is 6.35. The lowest BCUT2D eigenvalue weighted by Gasteiger charge is -2.15. The van der Waals surface area contributed by atoms with Crippen LogP contribution >= 0.6 is 24.0 Å². The van der Waals surface area contributed by atoms with E-state index in [1.807, 2.05) is 0 Å². The summed E-state index contributed by atoms with van der Waals surface area (Å²) in [6, 6.07) is 11.9. The van der Waals surface area contributed by atoms with Gasteiger partial charge in [-0.1, -0.05) is 30.0 Å². The van der Waals surface area contributed by atoms with E-state index in [4.69, 9.17) is 26.4 Å². The van der Waals surface area contributed by atoms with E-state index < -0.39 is 11.8 Å². The van der Waals surface area contributed by atoms with Gasteiger partial charge in [0, 0.05) is 17.2 Å². The first-order valence-electron chi connectivity index (χ1n) is 8.42. The molecule has 1 N–H and O–H groups in total. The van der Waals surface area contributed by atoms with Crippen LogP contribution in [-0.4, -0.2) is 42.5 Å². The van der Waals surface area contributed by atoms with Crippen molar-refractivity contribution in [3.63, 3.8) is 0 Å². The van der Waals surface area contributed by atoms with Gasteiger partial charge in [0.1, 0.15) is 5.75 Å². The standard InChI is InChI=1S/C20H18N2O5S2/c1-25-14-11-16(27-3)15(26-2)9-13(14)10-17-19(24)22(20(28)29-17)21-18(23)12-7-5-4-6-8-12/h4-11H,1-3H3,(H,21,23)/b17-10+. The average Bonchev–Trinajstić information content (AvgIpc) is 3.01. The molecular formula is C20H18N2O5S2. The molecule has 7 nitrogen and oxygen atoms in total. The highest BCUT2D eigenvalue weighted by molar-refractivity contribution is 8.26. The molecule has 2 aromatic rings. The van der Waals surface area contributed by atoms with Gasteiger partial charge in [-0.2, -0.15) is 5.01 Å². The molecule has 1 aliphatic rings. The van der Waals surface area contributed by atoms with Gasteiger partial charge in [-0.3, -0.25) is 15.0 Å². The smallest absolute Gasteiger partial charge is 0.285 e. The van der Waals surface area contributed by atoms with Crippen molar-refractivity contribution in [3.8, 4) is 17.2 Å². The van der Waals surface area contributed by atoms with Gasteiger partial charge in [0.2, 0.25) is 0 Å². The molecule has 29 heavy (non-hydrogen) atoms. The second-order valence-electron chi connectivity index (χ2n) is 5.77. The fourth-order valence-corrected chi connectivity index (χ4v) is 3.80. The Hall–Kier alpha value is -3.04. The lowest BCUT2D eigenvalue weighted by Crippen LogP contribution is -2.44. The first-order valence-corrected chi connectivity index (χ1v) is 9.65. The van der Waals surface area contributed by atoms with Gasteiger partial charge in [-0.25, -0.2) is 0 Å². The Bertz CT molecular complexity index is 992. The highest BCUT2D eigenvalue weighted by Crippen LogP contribution is 2.38. The number of hydrazine groups is 1. The van der Waals surface area contributed by atoms with Crippen molar-refractivity contribution in [2.45, 2.75) is 0 Å². The van der Waals surface area contributed by atoms with E-state index in [0.29, 0.717) is 33.3 Å². The second kappa shape index (κ2) is 8.97. The zero-order valence-electron chi connectivity index (χ0n) is 15.9. The Morgan fingerprint density at radius 2 is 1.66 bits per heavy atom. The van der Waals surface area contributed by atoms with Crippen LogP contribution in [-0.2, 0) is 4.79 Å². The van der Waals surface area contributed by atoms with Crippen LogP contribution in [0.4, 0.5) is 0 Å². The first-order chi connectivity index (χ1) is 14.0. The third-order valence-electron chi connectivity index (χ3n) is 4.07. The van der Waals surface area contributed by atoms with Crippen LogP contribution in [0.25, 0.3) is 6.08 Å². The van der Waals surface area contributed by atoms with Gasteiger partial charge in [-0.05, 0) is 36.5 Å². The van der Waals surface area contributed by atoms with Crippen LogP contribution in [0.3, 0.4) is 0 Å². The van der Waals surface area contributed by atoms with Gasteiger partial charge >= 0.3 is 0 Å². The normalized spacial score (nSPS) is 14.9. The second-order valence-corrected chi connectivity index (χ2v) is 7.45. The van der Waals surface area contributed by atoms with Gasteiger partial charge in [0.15, 0.2) is 15.8 Å². The SMILES string of the molecule is COc1cc(OC)c(OC)cc1/C=C1/SC(=S)N(NC(=O)c2ccccc2)C1=O. The summed E-state index contributed by atoms with van der Waals surface area (Å²) in [6.07, 6.45) is 1.63. The molecule has 3 rings (SSSR count). The number of methoxy groups -OCH3 is 3. The molecule has 1 aliphatic heterocycles. The van der Waals surface area contributed by atoms with E-state index in [-0.39, 0.29) is 4.32 Å². The summed E-state index contributed by atoms with van der Waals surface area (Å²) in [5.74, 6) is 0.644. The van der Waals surface area contributed by atoms with E-state index >= 15 is 0 Å². The zero-order chi connectivity index (χ0) is 21.0. The number of nitrogens with one attached hydrogen (secondary N) is 1. The summed E-state index contributed by atoms with van der Waals surface area (Å²) in [6.45, 7) is 0. The largest absolute Gasteiger partial charge is 0.496 e. The molecule has 0 atom stereocenters. The number of thiocarbonyl (C=S) groups is 1. The number of carbonyl (C=O) groups is 2. The molecule has 0 saturated carbocycles. The molecule has 150 valence electrons. The third kappa shape index (κ3) is 4.36. The fraction of sp³-hybridized carbons (Fsp3) is 0.150. The number of thioether (sulfide) groups is 1. The van der Waals surface area contributed by atoms with Gasteiger partial charge < -0.3 is 14.2 Å². The summed E-state index contributed by atoms with van der Waals surface area (Å²) in [5, 5.41) is 1.06. The highest BCUT2D eigenvalue weighted by Gasteiger charge is 2.34. The number of ether oxygens (including phenoxy) is 3. The predicted octanol–water partition coefficient (Wildman–Crippen LogP) is 3.26. The summed E-state index contributed by atoms with van der Waals surface area (Å²) < 4.78 is 16.2. The number of nitrogens with zero attached hydrogens (tertiary/aromatic N) is 1.